The van der Waals surface area contributed by atoms with Gasteiger partial charge in [-0.15, -0.1) is 0 Å². The van der Waals surface area contributed by atoms with Crippen LogP contribution in [0.2, 0.25) is 0 Å². The first-order valence-corrected chi connectivity index (χ1v) is 24.8. The van der Waals surface area contributed by atoms with Crippen molar-refractivity contribution in [3.05, 3.63) is 24.3 Å². The Balaban J connectivity index is 4.18. The molecule has 0 fully saturated rings. The highest BCUT2D eigenvalue weighted by atomic mass is 16.8. The zero-order valence-corrected chi connectivity index (χ0v) is 38.9. The van der Waals surface area contributed by atoms with Gasteiger partial charge in [-0.25, -0.2) is 0 Å². The third-order valence-electron chi connectivity index (χ3n) is 10.3. The molecule has 7 nitrogen and oxygen atoms in total. The summed E-state index contributed by atoms with van der Waals surface area (Å²) in [5.74, 6) is 0. The lowest BCUT2D eigenvalue weighted by molar-refractivity contribution is -0.204. The van der Waals surface area contributed by atoms with E-state index >= 15 is 0 Å². The molecule has 2 unspecified atom stereocenters. The molecule has 0 amide bonds. The maximum absolute atomic E-state index is 6.21. The molecule has 0 aromatic rings. The Morgan fingerprint density at radius 2 is 0.614 bits per heavy atom. The fourth-order valence-corrected chi connectivity index (χ4v) is 6.77. The van der Waals surface area contributed by atoms with Crippen molar-refractivity contribution in [2.75, 3.05) is 39.6 Å². The third kappa shape index (κ3) is 41.7. The second kappa shape index (κ2) is 47.9. The predicted molar refractivity (Wildman–Crippen MR) is 243 cm³/mol. The Morgan fingerprint density at radius 3 is 0.912 bits per heavy atom. The maximum atomic E-state index is 6.21. The summed E-state index contributed by atoms with van der Waals surface area (Å²) in [6, 6.07) is 0. The van der Waals surface area contributed by atoms with Crippen molar-refractivity contribution in [1.82, 2.24) is 0 Å². The van der Waals surface area contributed by atoms with E-state index in [2.05, 4.69) is 52.0 Å². The molecule has 0 saturated heterocycles. The highest BCUT2D eigenvalue weighted by molar-refractivity contribution is 4.89. The lowest BCUT2D eigenvalue weighted by Gasteiger charge is -2.20. The van der Waals surface area contributed by atoms with Crippen LogP contribution in [0.3, 0.4) is 0 Å². The van der Waals surface area contributed by atoms with E-state index in [4.69, 9.17) is 33.2 Å². The average Bonchev–Trinajstić information content (AvgIpc) is 3.21. The Kier molecular flexibility index (Phi) is 47.2. The summed E-state index contributed by atoms with van der Waals surface area (Å²) in [5, 5.41) is 0. The number of allylic oxidation sites excluding steroid dienone is 2. The van der Waals surface area contributed by atoms with Crippen LogP contribution in [-0.2, 0) is 33.2 Å². The molecule has 0 heterocycles. The van der Waals surface area contributed by atoms with Gasteiger partial charge in [0, 0.05) is 39.6 Å². The molecule has 0 spiro atoms. The average molecular weight is 811 g/mol. The number of hydrogen-bond donors (Lipinski definition) is 0. The molecule has 0 saturated carbocycles. The normalized spacial score (nSPS) is 13.3. The SMILES string of the molecule is CCCCCOC(CCCCCCCCCC=CC(OCC)OC(C=CCCCCCCCCCC(OCCCCC)OCCCCC)OCC)OCCCCC. The smallest absolute Gasteiger partial charge is 0.180 e. The number of unbranched alkanes of at least 4 members (excludes halogenated alkanes) is 22. The van der Waals surface area contributed by atoms with Gasteiger partial charge < -0.3 is 33.2 Å². The minimum atomic E-state index is -0.387. The van der Waals surface area contributed by atoms with Crippen LogP contribution in [0.15, 0.2) is 24.3 Å². The van der Waals surface area contributed by atoms with Crippen molar-refractivity contribution in [1.29, 1.82) is 0 Å². The van der Waals surface area contributed by atoms with Crippen LogP contribution in [0.25, 0.3) is 0 Å². The summed E-state index contributed by atoms with van der Waals surface area (Å²) in [5.41, 5.74) is 0. The van der Waals surface area contributed by atoms with Gasteiger partial charge in [0.05, 0.1) is 0 Å². The topological polar surface area (TPSA) is 64.6 Å². The van der Waals surface area contributed by atoms with Crippen LogP contribution in [0.4, 0.5) is 0 Å². The summed E-state index contributed by atoms with van der Waals surface area (Å²) in [6.07, 6.45) is 44.0. The van der Waals surface area contributed by atoms with E-state index in [1.54, 1.807) is 0 Å². The molecule has 340 valence electrons. The molecule has 0 N–H and O–H groups in total. The standard InChI is InChI=1S/C50H98O7/c1-7-13-35-43-53-47(54-44-36-14-8-2)39-31-27-23-19-17-21-25-29-33-41-49(51-11-5)57-50(52-12-6)42-34-30-26-22-18-20-24-28-32-40-48(55-45-37-15-9-3)56-46-38-16-10-4/h33-34,41-42,47-50H,7-32,35-40,43-46H2,1-6H3. The molecule has 0 aliphatic heterocycles. The van der Waals surface area contributed by atoms with Crippen molar-refractivity contribution in [2.24, 2.45) is 0 Å². The van der Waals surface area contributed by atoms with Gasteiger partial charge in [-0.1, -0.05) is 155 Å². The Hall–Kier alpha value is -0.800. The van der Waals surface area contributed by atoms with E-state index in [-0.39, 0.29) is 25.2 Å². The molecule has 57 heavy (non-hydrogen) atoms. The third-order valence-corrected chi connectivity index (χ3v) is 10.3. The van der Waals surface area contributed by atoms with Crippen molar-refractivity contribution in [2.45, 2.75) is 259 Å². The molecule has 0 radical (unpaired) electrons. The molecule has 0 aliphatic carbocycles. The van der Waals surface area contributed by atoms with Gasteiger partial charge in [0.2, 0.25) is 0 Å². The van der Waals surface area contributed by atoms with Gasteiger partial charge in [0.15, 0.2) is 25.2 Å². The molecule has 0 aromatic carbocycles. The van der Waals surface area contributed by atoms with Gasteiger partial charge in [-0.3, -0.25) is 0 Å². The number of hydrogen-bond acceptors (Lipinski definition) is 7. The zero-order valence-electron chi connectivity index (χ0n) is 38.9. The van der Waals surface area contributed by atoms with E-state index in [0.717, 1.165) is 77.8 Å². The second-order valence-electron chi connectivity index (χ2n) is 15.9. The van der Waals surface area contributed by atoms with Crippen molar-refractivity contribution in [3.8, 4) is 0 Å². The van der Waals surface area contributed by atoms with Crippen molar-refractivity contribution < 1.29 is 33.2 Å². The Bertz CT molecular complexity index is 718. The van der Waals surface area contributed by atoms with Crippen LogP contribution >= 0.6 is 0 Å². The van der Waals surface area contributed by atoms with Crippen LogP contribution in [-0.4, -0.2) is 64.8 Å². The fraction of sp³-hybridized carbons (Fsp3) is 0.920. The second-order valence-corrected chi connectivity index (χ2v) is 15.9. The van der Waals surface area contributed by atoms with Gasteiger partial charge in [-0.05, 0) is 103 Å². The van der Waals surface area contributed by atoms with Crippen LogP contribution in [0.5, 0.6) is 0 Å². The molecule has 0 rings (SSSR count). The van der Waals surface area contributed by atoms with Gasteiger partial charge in [0.1, 0.15) is 0 Å². The van der Waals surface area contributed by atoms with Crippen molar-refractivity contribution >= 4 is 0 Å². The summed E-state index contributed by atoms with van der Waals surface area (Å²) in [4.78, 5) is 0. The van der Waals surface area contributed by atoms with Gasteiger partial charge >= 0.3 is 0 Å². The summed E-state index contributed by atoms with van der Waals surface area (Å²) in [6.45, 7) is 17.5. The monoisotopic (exact) mass is 811 g/mol. The van der Waals surface area contributed by atoms with E-state index in [9.17, 15) is 0 Å². The van der Waals surface area contributed by atoms with E-state index in [0.29, 0.717) is 13.2 Å². The zero-order chi connectivity index (χ0) is 41.5. The summed E-state index contributed by atoms with van der Waals surface area (Å²) in [7, 11) is 0. The quantitative estimate of drug-likeness (QED) is 0.0344. The van der Waals surface area contributed by atoms with Crippen molar-refractivity contribution in [3.63, 3.8) is 0 Å². The first kappa shape index (κ1) is 56.2. The van der Waals surface area contributed by atoms with E-state index < -0.39 is 0 Å². The van der Waals surface area contributed by atoms with Gasteiger partial charge in [0.25, 0.3) is 0 Å². The van der Waals surface area contributed by atoms with Crippen LogP contribution < -0.4 is 0 Å². The van der Waals surface area contributed by atoms with E-state index in [1.165, 1.54) is 141 Å². The molecular formula is C50H98O7. The van der Waals surface area contributed by atoms with Crippen LogP contribution in [0.1, 0.15) is 234 Å². The highest BCUT2D eigenvalue weighted by Gasteiger charge is 2.13. The lowest BCUT2D eigenvalue weighted by Crippen LogP contribution is -2.24. The fourth-order valence-electron chi connectivity index (χ4n) is 6.77. The van der Waals surface area contributed by atoms with Crippen LogP contribution in [0, 0.1) is 0 Å². The maximum Gasteiger partial charge on any atom is 0.180 e. The highest BCUT2D eigenvalue weighted by Crippen LogP contribution is 2.17. The lowest BCUT2D eigenvalue weighted by atomic mass is 10.1. The van der Waals surface area contributed by atoms with E-state index in [1.807, 2.05) is 13.8 Å². The molecule has 0 aliphatic rings. The molecule has 0 aromatic heterocycles. The van der Waals surface area contributed by atoms with Gasteiger partial charge in [-0.2, -0.15) is 0 Å². The predicted octanol–water partition coefficient (Wildman–Crippen LogP) is 15.3. The Morgan fingerprint density at radius 1 is 0.316 bits per heavy atom. The Labute approximate surface area is 355 Å². The molecule has 0 bridgehead atoms. The largest absolute Gasteiger partial charge is 0.353 e. The molecule has 7 heteroatoms. The molecular weight excluding hydrogens is 713 g/mol. The molecule has 2 atom stereocenters. The summed E-state index contributed by atoms with van der Waals surface area (Å²) < 4.78 is 42.3. The first-order chi connectivity index (χ1) is 28.1. The number of ether oxygens (including phenoxy) is 7. The minimum Gasteiger partial charge on any atom is -0.353 e. The minimum absolute atomic E-state index is 0.0123. The summed E-state index contributed by atoms with van der Waals surface area (Å²) >= 11 is 0. The number of rotatable bonds is 48. The first-order valence-electron chi connectivity index (χ1n) is 24.8.